The molecule has 2 unspecified atom stereocenters. The fourth-order valence-corrected chi connectivity index (χ4v) is 0.402. The van der Waals surface area contributed by atoms with Crippen molar-refractivity contribution in [1.82, 2.24) is 0 Å². The number of carboxylic acid groups (broad SMARTS) is 1. The van der Waals surface area contributed by atoms with Crippen molar-refractivity contribution in [2.75, 3.05) is 7.11 Å². The Kier molecular flexibility index (Phi) is 3.49. The van der Waals surface area contributed by atoms with Gasteiger partial charge in [-0.05, 0) is 0 Å². The zero-order valence-electron chi connectivity index (χ0n) is 5.85. The third-order valence-corrected chi connectivity index (χ3v) is 1.07. The number of carboxylic acids is 1. The van der Waals surface area contributed by atoms with E-state index in [1.54, 1.807) is 0 Å². The normalized spacial score (nSPS) is 15.2. The molecule has 2 atom stereocenters. The summed E-state index contributed by atoms with van der Waals surface area (Å²) in [5.41, 5.74) is 4.89. The maximum atomic E-state index is 10.4. The van der Waals surface area contributed by atoms with Crippen LogP contribution in [0, 0.1) is 0 Å². The number of carbonyl (C=O) groups is 2. The van der Waals surface area contributed by atoms with Crippen molar-refractivity contribution < 1.29 is 24.5 Å². The van der Waals surface area contributed by atoms with E-state index in [1.807, 2.05) is 0 Å². The van der Waals surface area contributed by atoms with E-state index in [0.717, 1.165) is 7.11 Å². The summed E-state index contributed by atoms with van der Waals surface area (Å²) < 4.78 is 4.05. The first-order valence-electron chi connectivity index (χ1n) is 2.75. The van der Waals surface area contributed by atoms with Crippen LogP contribution in [0.1, 0.15) is 0 Å². The molecular weight excluding hydrogens is 154 g/mol. The van der Waals surface area contributed by atoms with Crippen molar-refractivity contribution in [3.05, 3.63) is 0 Å². The van der Waals surface area contributed by atoms with Crippen LogP contribution < -0.4 is 5.73 Å². The maximum Gasteiger partial charge on any atom is 0.336 e. The Bertz CT molecular complexity index is 168. The van der Waals surface area contributed by atoms with E-state index in [1.165, 1.54) is 0 Å². The lowest BCUT2D eigenvalue weighted by Crippen LogP contribution is -2.46. The number of methoxy groups -OCH3 is 1. The quantitative estimate of drug-likeness (QED) is 0.412. The highest BCUT2D eigenvalue weighted by molar-refractivity contribution is 5.84. The molecule has 0 saturated heterocycles. The van der Waals surface area contributed by atoms with Gasteiger partial charge in [-0.2, -0.15) is 0 Å². The Hall–Kier alpha value is -1.14. The van der Waals surface area contributed by atoms with Crippen molar-refractivity contribution in [3.8, 4) is 0 Å². The van der Waals surface area contributed by atoms with Gasteiger partial charge in [0.2, 0.25) is 0 Å². The SMILES string of the molecule is COC(=O)C(O)C(N)C(=O)O. The molecule has 6 nitrogen and oxygen atoms in total. The number of hydrogen-bond donors (Lipinski definition) is 3. The van der Waals surface area contributed by atoms with Crippen molar-refractivity contribution in [2.24, 2.45) is 5.73 Å². The van der Waals surface area contributed by atoms with Gasteiger partial charge in [-0.1, -0.05) is 0 Å². The van der Waals surface area contributed by atoms with Crippen LogP contribution in [0.2, 0.25) is 0 Å². The maximum absolute atomic E-state index is 10.4. The van der Waals surface area contributed by atoms with Crippen LogP contribution in [0.3, 0.4) is 0 Å². The van der Waals surface area contributed by atoms with E-state index in [2.05, 4.69) is 4.74 Å². The third kappa shape index (κ3) is 2.52. The van der Waals surface area contributed by atoms with Gasteiger partial charge in [0.25, 0.3) is 0 Å². The molecule has 0 aliphatic rings. The van der Waals surface area contributed by atoms with E-state index < -0.39 is 24.1 Å². The summed E-state index contributed by atoms with van der Waals surface area (Å²) in [6, 6.07) is -1.64. The molecule has 0 aliphatic heterocycles. The molecule has 11 heavy (non-hydrogen) atoms. The molecular formula is C5H9NO5. The summed E-state index contributed by atoms with van der Waals surface area (Å²) in [6.45, 7) is 0. The van der Waals surface area contributed by atoms with Crippen molar-refractivity contribution >= 4 is 11.9 Å². The molecule has 0 aliphatic carbocycles. The highest BCUT2D eigenvalue weighted by Crippen LogP contribution is 1.92. The first-order chi connectivity index (χ1) is 5.00. The van der Waals surface area contributed by atoms with Gasteiger partial charge >= 0.3 is 11.9 Å². The molecule has 0 aromatic carbocycles. The van der Waals surface area contributed by atoms with Crippen LogP contribution in [-0.4, -0.2) is 41.4 Å². The number of aliphatic carboxylic acids is 1. The number of nitrogens with two attached hydrogens (primary N) is 1. The van der Waals surface area contributed by atoms with E-state index in [0.29, 0.717) is 0 Å². The summed E-state index contributed by atoms with van der Waals surface area (Å²) in [5, 5.41) is 17.0. The minimum Gasteiger partial charge on any atom is -0.480 e. The predicted octanol–water partition coefficient (Wildman–Crippen LogP) is -2.07. The molecule has 0 heterocycles. The monoisotopic (exact) mass is 163 g/mol. The second-order valence-electron chi connectivity index (χ2n) is 1.83. The number of carbonyl (C=O) groups excluding carboxylic acids is 1. The first kappa shape index (κ1) is 9.86. The lowest BCUT2D eigenvalue weighted by atomic mass is 10.2. The van der Waals surface area contributed by atoms with E-state index in [4.69, 9.17) is 15.9 Å². The predicted molar refractivity (Wildman–Crippen MR) is 33.6 cm³/mol. The van der Waals surface area contributed by atoms with Gasteiger partial charge in [-0.15, -0.1) is 0 Å². The van der Waals surface area contributed by atoms with Gasteiger partial charge in [-0.25, -0.2) is 4.79 Å². The van der Waals surface area contributed by atoms with Gasteiger partial charge in [0.15, 0.2) is 6.10 Å². The van der Waals surface area contributed by atoms with Crippen LogP contribution in [-0.2, 0) is 14.3 Å². The lowest BCUT2D eigenvalue weighted by Gasteiger charge is -2.11. The molecule has 0 saturated carbocycles. The average molecular weight is 163 g/mol. The van der Waals surface area contributed by atoms with Crippen LogP contribution in [0.4, 0.5) is 0 Å². The van der Waals surface area contributed by atoms with Gasteiger partial charge in [0, 0.05) is 0 Å². The van der Waals surface area contributed by atoms with Crippen LogP contribution in [0.15, 0.2) is 0 Å². The highest BCUT2D eigenvalue weighted by Gasteiger charge is 2.28. The fraction of sp³-hybridized carbons (Fsp3) is 0.600. The summed E-state index contributed by atoms with van der Waals surface area (Å²) in [7, 11) is 1.03. The van der Waals surface area contributed by atoms with Gasteiger partial charge in [-0.3, -0.25) is 4.79 Å². The molecule has 4 N–H and O–H groups in total. The summed E-state index contributed by atoms with van der Waals surface area (Å²) >= 11 is 0. The van der Waals surface area contributed by atoms with Gasteiger partial charge in [0.05, 0.1) is 7.11 Å². The Morgan fingerprint density at radius 1 is 1.55 bits per heavy atom. The van der Waals surface area contributed by atoms with E-state index >= 15 is 0 Å². The minimum atomic E-state index is -1.81. The van der Waals surface area contributed by atoms with Gasteiger partial charge < -0.3 is 20.7 Å². The molecule has 0 fully saturated rings. The fourth-order valence-electron chi connectivity index (χ4n) is 0.402. The molecule has 0 aromatic rings. The number of rotatable bonds is 3. The molecule has 64 valence electrons. The minimum absolute atomic E-state index is 1.03. The second kappa shape index (κ2) is 3.89. The highest BCUT2D eigenvalue weighted by atomic mass is 16.5. The number of ether oxygens (including phenoxy) is 1. The third-order valence-electron chi connectivity index (χ3n) is 1.07. The average Bonchev–Trinajstić information content (AvgIpc) is 2.00. The van der Waals surface area contributed by atoms with Crippen molar-refractivity contribution in [1.29, 1.82) is 0 Å². The Morgan fingerprint density at radius 2 is 2.00 bits per heavy atom. The largest absolute Gasteiger partial charge is 0.480 e. The van der Waals surface area contributed by atoms with Gasteiger partial charge in [0.1, 0.15) is 6.04 Å². The summed E-state index contributed by atoms with van der Waals surface area (Å²) in [6.07, 6.45) is -1.81. The zero-order valence-corrected chi connectivity index (χ0v) is 5.85. The molecule has 0 bridgehead atoms. The molecule has 6 heteroatoms. The van der Waals surface area contributed by atoms with E-state index in [-0.39, 0.29) is 0 Å². The second-order valence-corrected chi connectivity index (χ2v) is 1.83. The Balaban J connectivity index is 4.12. The zero-order chi connectivity index (χ0) is 9.02. The number of aliphatic hydroxyl groups is 1. The summed E-state index contributed by atoms with van der Waals surface area (Å²) in [4.78, 5) is 20.5. The molecule has 0 spiro atoms. The van der Waals surface area contributed by atoms with Crippen LogP contribution in [0.5, 0.6) is 0 Å². The summed E-state index contributed by atoms with van der Waals surface area (Å²) in [5.74, 6) is -2.51. The molecule has 0 aromatic heterocycles. The topological polar surface area (TPSA) is 110 Å². The van der Waals surface area contributed by atoms with Crippen LogP contribution >= 0.6 is 0 Å². The molecule has 0 rings (SSSR count). The molecule has 0 amide bonds. The molecule has 0 radical (unpaired) electrons. The van der Waals surface area contributed by atoms with Crippen LogP contribution in [0.25, 0.3) is 0 Å². The van der Waals surface area contributed by atoms with E-state index in [9.17, 15) is 9.59 Å². The Morgan fingerprint density at radius 3 is 2.27 bits per heavy atom. The standard InChI is InChI=1S/C5H9NO5/c1-11-5(10)3(7)2(6)4(8)9/h2-3,7H,6H2,1H3,(H,8,9). The first-order valence-corrected chi connectivity index (χ1v) is 2.75. The number of hydrogen-bond acceptors (Lipinski definition) is 5. The number of esters is 1. The van der Waals surface area contributed by atoms with Crippen molar-refractivity contribution in [3.63, 3.8) is 0 Å². The Labute approximate surface area is 62.6 Å². The number of aliphatic hydroxyl groups excluding tert-OH is 1. The smallest absolute Gasteiger partial charge is 0.336 e. The van der Waals surface area contributed by atoms with Crippen molar-refractivity contribution in [2.45, 2.75) is 12.1 Å². The lowest BCUT2D eigenvalue weighted by molar-refractivity contribution is -0.157.